The van der Waals surface area contributed by atoms with Gasteiger partial charge in [-0.2, -0.15) is 11.8 Å². The lowest BCUT2D eigenvalue weighted by molar-refractivity contribution is -0.143. The van der Waals surface area contributed by atoms with Gasteiger partial charge >= 0.3 is 5.97 Å². The van der Waals surface area contributed by atoms with Gasteiger partial charge < -0.3 is 10.4 Å². The van der Waals surface area contributed by atoms with Gasteiger partial charge in [0.05, 0.1) is 0 Å². The van der Waals surface area contributed by atoms with E-state index in [2.05, 4.69) is 10.3 Å². The summed E-state index contributed by atoms with van der Waals surface area (Å²) in [5, 5.41) is 13.7. The molecular formula is C13H13N3O4S2. The van der Waals surface area contributed by atoms with Crippen LogP contribution in [0.25, 0.3) is 4.96 Å². The first kappa shape index (κ1) is 15.0. The monoisotopic (exact) mass is 339 g/mol. The van der Waals surface area contributed by atoms with E-state index in [0.29, 0.717) is 28.6 Å². The quantitative estimate of drug-likeness (QED) is 0.856. The first-order valence-electron chi connectivity index (χ1n) is 6.54. The van der Waals surface area contributed by atoms with E-state index >= 15 is 0 Å². The molecule has 2 N–H and O–H groups in total. The Morgan fingerprint density at radius 1 is 1.50 bits per heavy atom. The highest BCUT2D eigenvalue weighted by molar-refractivity contribution is 7.99. The molecule has 1 fully saturated rings. The molecule has 1 atom stereocenters. The molecular weight excluding hydrogens is 326 g/mol. The minimum Gasteiger partial charge on any atom is -0.479 e. The van der Waals surface area contributed by atoms with Crippen LogP contribution in [0.5, 0.6) is 0 Å². The number of fused-ring (bicyclic) bond motifs is 1. The van der Waals surface area contributed by atoms with Gasteiger partial charge in [0.2, 0.25) is 0 Å². The number of aryl methyl sites for hydroxylation is 1. The predicted molar refractivity (Wildman–Crippen MR) is 83.9 cm³/mol. The van der Waals surface area contributed by atoms with E-state index < -0.39 is 23.0 Å². The molecule has 0 spiro atoms. The summed E-state index contributed by atoms with van der Waals surface area (Å²) in [5.74, 6) is -0.816. The minimum absolute atomic E-state index is 0.142. The zero-order chi connectivity index (χ0) is 15.9. The number of carbonyl (C=O) groups is 2. The average Bonchev–Trinajstić information content (AvgIpc) is 3.07. The van der Waals surface area contributed by atoms with Gasteiger partial charge in [-0.05, 0) is 19.1 Å². The molecule has 0 aliphatic carbocycles. The maximum Gasteiger partial charge on any atom is 0.330 e. The number of hydrogen-bond acceptors (Lipinski definition) is 6. The molecule has 1 unspecified atom stereocenters. The number of nitrogens with zero attached hydrogens (tertiary/aromatic N) is 2. The number of aromatic nitrogens is 2. The molecule has 0 saturated carbocycles. The van der Waals surface area contributed by atoms with Crippen LogP contribution in [0, 0.1) is 6.92 Å². The van der Waals surface area contributed by atoms with E-state index in [4.69, 9.17) is 0 Å². The lowest BCUT2D eigenvalue weighted by atomic mass is 9.99. The molecule has 1 aliphatic rings. The summed E-state index contributed by atoms with van der Waals surface area (Å²) in [7, 11) is 0. The number of nitrogens with one attached hydrogen (secondary N) is 1. The topological polar surface area (TPSA) is 101 Å². The highest BCUT2D eigenvalue weighted by Gasteiger charge is 2.43. The van der Waals surface area contributed by atoms with Crippen molar-refractivity contribution in [3.05, 3.63) is 33.2 Å². The number of carbonyl (C=O) groups excluding carboxylic acids is 1. The second-order valence-electron chi connectivity index (χ2n) is 5.12. The molecule has 1 saturated heterocycles. The van der Waals surface area contributed by atoms with Crippen molar-refractivity contribution < 1.29 is 14.7 Å². The van der Waals surface area contributed by atoms with Crippen molar-refractivity contribution in [1.29, 1.82) is 0 Å². The number of thiazole rings is 1. The van der Waals surface area contributed by atoms with E-state index in [-0.39, 0.29) is 5.56 Å². The Hall–Kier alpha value is -1.87. The molecule has 1 aliphatic heterocycles. The molecule has 2 aromatic rings. The summed E-state index contributed by atoms with van der Waals surface area (Å²) in [4.78, 5) is 40.9. The number of hydrogen-bond donors (Lipinski definition) is 2. The van der Waals surface area contributed by atoms with Gasteiger partial charge in [-0.15, -0.1) is 11.3 Å². The minimum atomic E-state index is -1.31. The second-order valence-corrected chi connectivity index (χ2v) is 7.06. The van der Waals surface area contributed by atoms with E-state index in [0.717, 1.165) is 0 Å². The smallest absolute Gasteiger partial charge is 0.330 e. The first-order valence-corrected chi connectivity index (χ1v) is 8.57. The number of thioether (sulfide) groups is 1. The van der Waals surface area contributed by atoms with Gasteiger partial charge in [0.15, 0.2) is 4.96 Å². The Kier molecular flexibility index (Phi) is 3.69. The average molecular weight is 339 g/mol. The van der Waals surface area contributed by atoms with Gasteiger partial charge in [0.25, 0.3) is 11.5 Å². The van der Waals surface area contributed by atoms with Crippen molar-refractivity contribution in [2.45, 2.75) is 18.9 Å². The van der Waals surface area contributed by atoms with Gasteiger partial charge in [-0.25, -0.2) is 9.78 Å². The summed E-state index contributed by atoms with van der Waals surface area (Å²) in [6.45, 7) is 1.75. The Balaban J connectivity index is 1.99. The van der Waals surface area contributed by atoms with Gasteiger partial charge in [-0.3, -0.25) is 14.0 Å². The molecule has 22 heavy (non-hydrogen) atoms. The van der Waals surface area contributed by atoms with Crippen LogP contribution in [-0.2, 0) is 4.79 Å². The fourth-order valence-corrected chi connectivity index (χ4v) is 4.50. The summed E-state index contributed by atoms with van der Waals surface area (Å²) in [6.07, 6.45) is 1.55. The third-order valence-electron chi connectivity index (χ3n) is 3.64. The van der Waals surface area contributed by atoms with Crippen LogP contribution in [0.2, 0.25) is 0 Å². The zero-order valence-electron chi connectivity index (χ0n) is 11.7. The Labute approximate surface area is 133 Å². The Morgan fingerprint density at radius 2 is 2.27 bits per heavy atom. The van der Waals surface area contributed by atoms with Crippen molar-refractivity contribution >= 4 is 39.9 Å². The van der Waals surface area contributed by atoms with Crippen LogP contribution in [0.3, 0.4) is 0 Å². The van der Waals surface area contributed by atoms with Crippen LogP contribution >= 0.6 is 23.1 Å². The van der Waals surface area contributed by atoms with Crippen molar-refractivity contribution in [3.63, 3.8) is 0 Å². The highest BCUT2D eigenvalue weighted by Crippen LogP contribution is 2.28. The number of carboxylic acids is 1. The van der Waals surface area contributed by atoms with Gasteiger partial charge in [-0.1, -0.05) is 0 Å². The SMILES string of the molecule is Cc1csc2ncc(C(=O)NC3(C(=O)O)CCSC3)c(=O)n12. The molecule has 3 rings (SSSR count). The van der Waals surface area contributed by atoms with Crippen molar-refractivity contribution in [1.82, 2.24) is 14.7 Å². The maximum absolute atomic E-state index is 12.4. The molecule has 0 radical (unpaired) electrons. The number of rotatable bonds is 3. The van der Waals surface area contributed by atoms with Crippen molar-refractivity contribution in [2.24, 2.45) is 0 Å². The Bertz CT molecular complexity index is 820. The van der Waals surface area contributed by atoms with Crippen LogP contribution in [0.1, 0.15) is 22.5 Å². The molecule has 9 heteroatoms. The van der Waals surface area contributed by atoms with Crippen molar-refractivity contribution in [3.8, 4) is 0 Å². The normalized spacial score (nSPS) is 21.1. The third kappa shape index (κ3) is 2.30. The molecule has 0 bridgehead atoms. The van der Waals surface area contributed by atoms with E-state index in [1.807, 2.05) is 0 Å². The molecule has 7 nitrogen and oxygen atoms in total. The summed E-state index contributed by atoms with van der Waals surface area (Å²) in [5.41, 5.74) is -1.24. The van der Waals surface area contributed by atoms with Crippen LogP contribution in [0.15, 0.2) is 16.4 Å². The lowest BCUT2D eigenvalue weighted by Crippen LogP contribution is -2.55. The molecule has 0 aromatic carbocycles. The molecule has 1 amide bonds. The van der Waals surface area contributed by atoms with E-state index in [1.165, 1.54) is 33.7 Å². The molecule has 2 aromatic heterocycles. The number of carboxylic acid groups (broad SMARTS) is 1. The molecule has 116 valence electrons. The second kappa shape index (κ2) is 5.40. The Morgan fingerprint density at radius 3 is 2.91 bits per heavy atom. The van der Waals surface area contributed by atoms with Gasteiger partial charge in [0, 0.05) is 23.0 Å². The fourth-order valence-electron chi connectivity index (χ4n) is 2.35. The fraction of sp³-hybridized carbons (Fsp3) is 0.385. The van der Waals surface area contributed by atoms with E-state index in [9.17, 15) is 19.5 Å². The highest BCUT2D eigenvalue weighted by atomic mass is 32.2. The summed E-state index contributed by atoms with van der Waals surface area (Å²) in [6, 6.07) is 0. The lowest BCUT2D eigenvalue weighted by Gasteiger charge is -2.24. The third-order valence-corrected chi connectivity index (χ3v) is 5.79. The van der Waals surface area contributed by atoms with Crippen molar-refractivity contribution in [2.75, 3.05) is 11.5 Å². The van der Waals surface area contributed by atoms with Crippen LogP contribution in [-0.4, -0.2) is 43.4 Å². The summed E-state index contributed by atoms with van der Waals surface area (Å²) < 4.78 is 1.36. The molecule has 3 heterocycles. The maximum atomic E-state index is 12.4. The van der Waals surface area contributed by atoms with Crippen LogP contribution in [0.4, 0.5) is 0 Å². The standard InChI is InChI=1S/C13H13N3O4S2/c1-7-5-22-12-14-4-8(10(18)16(7)12)9(17)15-13(11(19)20)2-3-21-6-13/h4-5H,2-3,6H2,1H3,(H,15,17)(H,19,20). The zero-order valence-corrected chi connectivity index (χ0v) is 13.3. The predicted octanol–water partition coefficient (Wildman–Crippen LogP) is 0.755. The van der Waals surface area contributed by atoms with Crippen LogP contribution < -0.4 is 10.9 Å². The number of amides is 1. The van der Waals surface area contributed by atoms with Gasteiger partial charge in [0.1, 0.15) is 11.1 Å². The largest absolute Gasteiger partial charge is 0.479 e. The summed E-state index contributed by atoms with van der Waals surface area (Å²) >= 11 is 2.77. The first-order chi connectivity index (χ1) is 10.4. The van der Waals surface area contributed by atoms with E-state index in [1.54, 1.807) is 12.3 Å². The number of aliphatic carboxylic acids is 1.